The topological polar surface area (TPSA) is 41.5 Å². The summed E-state index contributed by atoms with van der Waals surface area (Å²) in [5.41, 5.74) is 2.12. The zero-order chi connectivity index (χ0) is 9.26. The first-order valence-corrected chi connectivity index (χ1v) is 4.41. The van der Waals surface area contributed by atoms with Gasteiger partial charge in [0.1, 0.15) is 5.75 Å². The molecule has 1 aromatic carbocycles. The molecule has 2 rings (SSSR count). The number of hydrogen-bond donors (Lipinski definition) is 2. The minimum Gasteiger partial charge on any atom is -0.508 e. The van der Waals surface area contributed by atoms with Crippen LogP contribution in [-0.2, 0) is 4.74 Å². The summed E-state index contributed by atoms with van der Waals surface area (Å²) >= 11 is 0. The molecule has 1 aliphatic rings. The molecule has 3 heteroatoms. The van der Waals surface area contributed by atoms with Crippen molar-refractivity contribution in [2.45, 2.75) is 12.5 Å². The van der Waals surface area contributed by atoms with Crippen molar-refractivity contribution < 1.29 is 9.84 Å². The number of anilines is 1. The average molecular weight is 179 g/mol. The van der Waals surface area contributed by atoms with Crippen LogP contribution in [0, 0.1) is 0 Å². The molecule has 1 aromatic rings. The number of ether oxygens (including phenoxy) is 1. The Hall–Kier alpha value is -1.22. The maximum Gasteiger partial charge on any atom is 0.117 e. The molecule has 0 amide bonds. The molecule has 0 bridgehead atoms. The van der Waals surface area contributed by atoms with Gasteiger partial charge in [-0.2, -0.15) is 0 Å². The van der Waals surface area contributed by atoms with Crippen LogP contribution in [0.2, 0.25) is 0 Å². The number of benzene rings is 1. The van der Waals surface area contributed by atoms with Gasteiger partial charge in [-0.05, 0) is 12.5 Å². The first kappa shape index (κ1) is 8.38. The van der Waals surface area contributed by atoms with Crippen LogP contribution in [0.15, 0.2) is 18.2 Å². The van der Waals surface area contributed by atoms with Crippen molar-refractivity contribution in [2.75, 3.05) is 19.0 Å². The summed E-state index contributed by atoms with van der Waals surface area (Å²) in [5, 5.41) is 12.5. The van der Waals surface area contributed by atoms with Gasteiger partial charge in [0.2, 0.25) is 0 Å². The maximum absolute atomic E-state index is 9.27. The Morgan fingerprint density at radius 1 is 1.54 bits per heavy atom. The van der Waals surface area contributed by atoms with E-state index < -0.39 is 0 Å². The number of phenolic OH excluding ortho intramolecular Hbond substituents is 1. The highest BCUT2D eigenvalue weighted by Crippen LogP contribution is 2.33. The first-order chi connectivity index (χ1) is 6.31. The monoisotopic (exact) mass is 179 g/mol. The van der Waals surface area contributed by atoms with Gasteiger partial charge in [-0.25, -0.2) is 0 Å². The highest BCUT2D eigenvalue weighted by atomic mass is 16.5. The Morgan fingerprint density at radius 2 is 2.38 bits per heavy atom. The van der Waals surface area contributed by atoms with Crippen LogP contribution in [0.25, 0.3) is 0 Å². The van der Waals surface area contributed by atoms with E-state index in [1.165, 1.54) is 0 Å². The van der Waals surface area contributed by atoms with Crippen molar-refractivity contribution in [2.24, 2.45) is 0 Å². The van der Waals surface area contributed by atoms with Crippen LogP contribution in [0.3, 0.4) is 0 Å². The van der Waals surface area contributed by atoms with E-state index >= 15 is 0 Å². The van der Waals surface area contributed by atoms with Crippen LogP contribution in [0.4, 0.5) is 5.69 Å². The van der Waals surface area contributed by atoms with Gasteiger partial charge >= 0.3 is 0 Å². The largest absolute Gasteiger partial charge is 0.508 e. The molecule has 0 saturated heterocycles. The number of methoxy groups -OCH3 is 1. The molecule has 0 saturated carbocycles. The van der Waals surface area contributed by atoms with Gasteiger partial charge in [0.05, 0.1) is 6.10 Å². The molecular formula is C10H13NO2. The molecule has 13 heavy (non-hydrogen) atoms. The second-order valence-electron chi connectivity index (χ2n) is 3.21. The van der Waals surface area contributed by atoms with Crippen LogP contribution >= 0.6 is 0 Å². The second kappa shape index (κ2) is 3.26. The molecule has 1 heterocycles. The number of phenols is 1. The van der Waals surface area contributed by atoms with Crippen molar-refractivity contribution in [3.63, 3.8) is 0 Å². The SMILES string of the molecule is CO[C@@H]1CCNc2cc(O)ccc21. The molecule has 0 radical (unpaired) electrons. The fraction of sp³-hybridized carbons (Fsp3) is 0.400. The minimum atomic E-state index is 0.164. The lowest BCUT2D eigenvalue weighted by Gasteiger charge is -2.25. The van der Waals surface area contributed by atoms with Gasteiger partial charge in [-0.1, -0.05) is 6.07 Å². The first-order valence-electron chi connectivity index (χ1n) is 4.41. The molecule has 0 aliphatic carbocycles. The lowest BCUT2D eigenvalue weighted by atomic mass is 10.0. The fourth-order valence-electron chi connectivity index (χ4n) is 1.72. The van der Waals surface area contributed by atoms with E-state index in [1.54, 1.807) is 19.2 Å². The third-order valence-corrected chi connectivity index (χ3v) is 2.39. The van der Waals surface area contributed by atoms with Crippen molar-refractivity contribution in [1.29, 1.82) is 0 Å². The van der Waals surface area contributed by atoms with Crippen molar-refractivity contribution >= 4 is 5.69 Å². The van der Waals surface area contributed by atoms with Crippen molar-refractivity contribution in [1.82, 2.24) is 0 Å². The van der Waals surface area contributed by atoms with E-state index in [1.807, 2.05) is 6.07 Å². The zero-order valence-electron chi connectivity index (χ0n) is 7.58. The Balaban J connectivity index is 2.40. The predicted octanol–water partition coefficient (Wildman–Crippen LogP) is 1.90. The summed E-state index contributed by atoms with van der Waals surface area (Å²) < 4.78 is 5.34. The molecule has 0 spiro atoms. The molecule has 0 unspecified atom stereocenters. The molecule has 2 N–H and O–H groups in total. The summed E-state index contributed by atoms with van der Waals surface area (Å²) in [4.78, 5) is 0. The number of fused-ring (bicyclic) bond motifs is 1. The van der Waals surface area contributed by atoms with Gasteiger partial charge in [-0.3, -0.25) is 0 Å². The van der Waals surface area contributed by atoms with Gasteiger partial charge in [-0.15, -0.1) is 0 Å². The normalized spacial score (nSPS) is 20.5. The molecular weight excluding hydrogens is 166 g/mol. The molecule has 0 fully saturated rings. The van der Waals surface area contributed by atoms with E-state index in [4.69, 9.17) is 4.74 Å². The molecule has 0 aromatic heterocycles. The number of aromatic hydroxyl groups is 1. The number of hydrogen-bond acceptors (Lipinski definition) is 3. The van der Waals surface area contributed by atoms with E-state index in [0.29, 0.717) is 5.75 Å². The third kappa shape index (κ3) is 1.47. The lowest BCUT2D eigenvalue weighted by Crippen LogP contribution is -2.17. The fourth-order valence-corrected chi connectivity index (χ4v) is 1.72. The summed E-state index contributed by atoms with van der Waals surface area (Å²) in [5.74, 6) is 0.294. The standard InChI is InChI=1S/C10H13NO2/c1-13-10-4-5-11-9-6-7(12)2-3-8(9)10/h2-3,6,10-12H,4-5H2,1H3/t10-/m1/s1. The highest BCUT2D eigenvalue weighted by Gasteiger charge is 2.19. The second-order valence-corrected chi connectivity index (χ2v) is 3.21. The van der Waals surface area contributed by atoms with Crippen LogP contribution in [0.5, 0.6) is 5.75 Å². The Morgan fingerprint density at radius 3 is 3.15 bits per heavy atom. The van der Waals surface area contributed by atoms with Gasteiger partial charge in [0.25, 0.3) is 0 Å². The van der Waals surface area contributed by atoms with E-state index in [9.17, 15) is 5.11 Å². The van der Waals surface area contributed by atoms with Crippen molar-refractivity contribution in [3.05, 3.63) is 23.8 Å². The molecule has 3 nitrogen and oxygen atoms in total. The van der Waals surface area contributed by atoms with E-state index in [0.717, 1.165) is 24.2 Å². The average Bonchev–Trinajstić information content (AvgIpc) is 2.16. The molecule has 1 atom stereocenters. The highest BCUT2D eigenvalue weighted by molar-refractivity contribution is 5.57. The number of nitrogens with one attached hydrogen (secondary N) is 1. The minimum absolute atomic E-state index is 0.164. The van der Waals surface area contributed by atoms with E-state index in [-0.39, 0.29) is 6.10 Å². The molecule has 70 valence electrons. The van der Waals surface area contributed by atoms with Crippen LogP contribution in [0.1, 0.15) is 18.1 Å². The smallest absolute Gasteiger partial charge is 0.117 e. The summed E-state index contributed by atoms with van der Waals surface area (Å²) in [6.45, 7) is 0.898. The quantitative estimate of drug-likeness (QED) is 0.691. The van der Waals surface area contributed by atoms with Crippen molar-refractivity contribution in [3.8, 4) is 5.75 Å². The van der Waals surface area contributed by atoms with E-state index in [2.05, 4.69) is 5.32 Å². The maximum atomic E-state index is 9.27. The third-order valence-electron chi connectivity index (χ3n) is 2.39. The summed E-state index contributed by atoms with van der Waals surface area (Å²) in [6, 6.07) is 5.34. The van der Waals surface area contributed by atoms with Gasteiger partial charge in [0.15, 0.2) is 0 Å². The Bertz CT molecular complexity index is 312. The molecule has 1 aliphatic heterocycles. The van der Waals surface area contributed by atoms with Crippen LogP contribution in [-0.4, -0.2) is 18.8 Å². The predicted molar refractivity (Wildman–Crippen MR) is 51.0 cm³/mol. The number of rotatable bonds is 1. The van der Waals surface area contributed by atoms with Gasteiger partial charge < -0.3 is 15.2 Å². The summed E-state index contributed by atoms with van der Waals surface area (Å²) in [7, 11) is 1.71. The Labute approximate surface area is 77.3 Å². The van der Waals surface area contributed by atoms with Gasteiger partial charge in [0, 0.05) is 31.0 Å². The lowest BCUT2D eigenvalue weighted by molar-refractivity contribution is 0.0964. The van der Waals surface area contributed by atoms with Crippen LogP contribution < -0.4 is 5.32 Å². The Kier molecular flexibility index (Phi) is 2.10. The summed E-state index contributed by atoms with van der Waals surface area (Å²) in [6.07, 6.45) is 1.14. The zero-order valence-corrected chi connectivity index (χ0v) is 7.58.